The summed E-state index contributed by atoms with van der Waals surface area (Å²) < 4.78 is 8.74. The predicted molar refractivity (Wildman–Crippen MR) is 151 cm³/mol. The second-order valence-electron chi connectivity index (χ2n) is 9.45. The van der Waals surface area contributed by atoms with Crippen molar-refractivity contribution in [2.24, 2.45) is 0 Å². The zero-order valence-corrected chi connectivity index (χ0v) is 20.9. The van der Waals surface area contributed by atoms with Crippen LogP contribution in [0.3, 0.4) is 0 Å². The molecule has 174 valence electrons. The minimum atomic E-state index is -2.76. The molecule has 0 saturated heterocycles. The molecular formula is C32H21N3OSi. The van der Waals surface area contributed by atoms with E-state index in [9.17, 15) is 0 Å². The van der Waals surface area contributed by atoms with Crippen LogP contribution in [0, 0.1) is 0 Å². The zero-order valence-electron chi connectivity index (χ0n) is 19.9. The van der Waals surface area contributed by atoms with Crippen LogP contribution in [0.1, 0.15) is 0 Å². The van der Waals surface area contributed by atoms with E-state index in [1.807, 2.05) is 24.3 Å². The summed E-state index contributed by atoms with van der Waals surface area (Å²) in [6, 6.07) is 44.9. The topological polar surface area (TPSA) is 43.9 Å². The molecule has 5 heteroatoms. The standard InChI is InChI=1S/C32H21N3OSi/c1-2-12-23(13-3-1)37(24-14-10-11-22(21-24)32-34-27-17-6-8-19-29(27)36-32)30-20-9-4-15-25(30)31-33-26-16-5-7-18-28(26)35(31)37/h1-21H. The van der Waals surface area contributed by atoms with Crippen LogP contribution in [-0.4, -0.2) is 22.4 Å². The van der Waals surface area contributed by atoms with Gasteiger partial charge in [-0.2, -0.15) is 0 Å². The van der Waals surface area contributed by atoms with E-state index in [-0.39, 0.29) is 0 Å². The number of nitrogens with zero attached hydrogens (tertiary/aromatic N) is 3. The predicted octanol–water partition coefficient (Wildman–Crippen LogP) is 5.34. The van der Waals surface area contributed by atoms with Crippen molar-refractivity contribution in [2.45, 2.75) is 0 Å². The van der Waals surface area contributed by atoms with E-state index in [0.29, 0.717) is 5.89 Å². The summed E-state index contributed by atoms with van der Waals surface area (Å²) in [5.74, 6) is 1.68. The largest absolute Gasteiger partial charge is 0.436 e. The summed E-state index contributed by atoms with van der Waals surface area (Å²) in [5, 5.41) is 3.94. The Balaban J connectivity index is 1.48. The molecule has 3 heterocycles. The Morgan fingerprint density at radius 2 is 1.32 bits per heavy atom. The van der Waals surface area contributed by atoms with Gasteiger partial charge in [0.05, 0.1) is 11.0 Å². The van der Waals surface area contributed by atoms with Gasteiger partial charge in [-0.15, -0.1) is 0 Å². The van der Waals surface area contributed by atoms with E-state index in [1.54, 1.807) is 0 Å². The van der Waals surface area contributed by atoms with Gasteiger partial charge in [-0.05, 0) is 52.0 Å². The smallest absolute Gasteiger partial charge is 0.259 e. The lowest BCUT2D eigenvalue weighted by atomic mass is 10.2. The van der Waals surface area contributed by atoms with Crippen molar-refractivity contribution >= 4 is 45.9 Å². The Labute approximate surface area is 214 Å². The van der Waals surface area contributed by atoms with Gasteiger partial charge in [-0.3, -0.25) is 0 Å². The van der Waals surface area contributed by atoms with Crippen LogP contribution in [0.4, 0.5) is 0 Å². The highest BCUT2D eigenvalue weighted by atomic mass is 28.3. The van der Waals surface area contributed by atoms with Gasteiger partial charge in [0, 0.05) is 11.1 Å². The summed E-state index contributed by atoms with van der Waals surface area (Å²) in [5.41, 5.74) is 6.04. The maximum absolute atomic E-state index is 6.19. The van der Waals surface area contributed by atoms with Gasteiger partial charge in [-0.1, -0.05) is 91.0 Å². The SMILES string of the molecule is c1ccc([Si]2(c3cccc(-c4nc5ccccc5o4)c3)c3ccccc3-c3nc4ccccc4n32)cc1. The molecule has 37 heavy (non-hydrogen) atoms. The van der Waals surface area contributed by atoms with Crippen LogP contribution < -0.4 is 15.6 Å². The molecule has 0 fully saturated rings. The van der Waals surface area contributed by atoms with Crippen molar-refractivity contribution in [1.82, 2.24) is 14.2 Å². The molecule has 4 nitrogen and oxygen atoms in total. The van der Waals surface area contributed by atoms with Crippen LogP contribution in [0.25, 0.3) is 45.0 Å². The van der Waals surface area contributed by atoms with Gasteiger partial charge >= 0.3 is 0 Å². The van der Waals surface area contributed by atoms with Gasteiger partial charge < -0.3 is 8.65 Å². The number of para-hydroxylation sites is 4. The fourth-order valence-electron chi connectivity index (χ4n) is 5.95. The maximum atomic E-state index is 6.19. The number of hydrogen-bond donors (Lipinski definition) is 0. The molecule has 7 aromatic rings. The molecule has 1 aliphatic rings. The van der Waals surface area contributed by atoms with Crippen molar-refractivity contribution in [3.05, 3.63) is 127 Å². The fraction of sp³-hybridized carbons (Fsp3) is 0. The minimum Gasteiger partial charge on any atom is -0.436 e. The average Bonchev–Trinajstić information content (AvgIpc) is 3.64. The highest BCUT2D eigenvalue weighted by molar-refractivity contribution is 7.12. The van der Waals surface area contributed by atoms with Crippen molar-refractivity contribution in [2.75, 3.05) is 0 Å². The lowest BCUT2D eigenvalue weighted by molar-refractivity contribution is 0.620. The van der Waals surface area contributed by atoms with Crippen molar-refractivity contribution < 1.29 is 4.42 Å². The second-order valence-corrected chi connectivity index (χ2v) is 13.0. The molecule has 0 radical (unpaired) electrons. The number of hydrogen-bond acceptors (Lipinski definition) is 3. The molecule has 0 spiro atoms. The average molecular weight is 492 g/mol. The maximum Gasteiger partial charge on any atom is 0.259 e. The van der Waals surface area contributed by atoms with Crippen LogP contribution in [0.15, 0.2) is 132 Å². The van der Waals surface area contributed by atoms with Gasteiger partial charge in [0.1, 0.15) is 11.3 Å². The summed E-state index contributed by atoms with van der Waals surface area (Å²) in [6.07, 6.45) is 0. The molecule has 1 atom stereocenters. The van der Waals surface area contributed by atoms with Gasteiger partial charge in [0.2, 0.25) is 5.89 Å². The number of rotatable bonds is 3. The van der Waals surface area contributed by atoms with Crippen LogP contribution in [-0.2, 0) is 0 Å². The zero-order chi connectivity index (χ0) is 24.4. The van der Waals surface area contributed by atoms with E-state index in [2.05, 4.69) is 107 Å². The Hall–Kier alpha value is -4.74. The summed E-state index contributed by atoms with van der Waals surface area (Å²) in [7, 11) is -2.76. The molecule has 5 aromatic carbocycles. The molecule has 1 aliphatic heterocycles. The van der Waals surface area contributed by atoms with E-state index in [1.165, 1.54) is 21.1 Å². The molecule has 1 unspecified atom stereocenters. The fourth-order valence-corrected chi connectivity index (χ4v) is 11.0. The van der Waals surface area contributed by atoms with Gasteiger partial charge in [-0.25, -0.2) is 9.97 Å². The Morgan fingerprint density at radius 3 is 2.22 bits per heavy atom. The summed E-state index contributed by atoms with van der Waals surface area (Å²) in [6.45, 7) is 0. The quantitative estimate of drug-likeness (QED) is 0.314. The molecular weight excluding hydrogens is 470 g/mol. The van der Waals surface area contributed by atoms with Gasteiger partial charge in [0.25, 0.3) is 8.24 Å². The molecule has 0 amide bonds. The van der Waals surface area contributed by atoms with E-state index in [4.69, 9.17) is 14.4 Å². The third-order valence-corrected chi connectivity index (χ3v) is 12.1. The lowest BCUT2D eigenvalue weighted by Gasteiger charge is -2.32. The molecule has 2 aromatic heterocycles. The number of imidazole rings is 1. The van der Waals surface area contributed by atoms with Crippen LogP contribution in [0.2, 0.25) is 0 Å². The molecule has 0 bridgehead atoms. The van der Waals surface area contributed by atoms with E-state index in [0.717, 1.165) is 33.5 Å². The number of aromatic nitrogens is 3. The Morgan fingerprint density at radius 1 is 0.595 bits per heavy atom. The van der Waals surface area contributed by atoms with Crippen molar-refractivity contribution in [3.63, 3.8) is 0 Å². The highest BCUT2D eigenvalue weighted by Gasteiger charge is 2.50. The first kappa shape index (κ1) is 20.4. The van der Waals surface area contributed by atoms with E-state index < -0.39 is 8.24 Å². The van der Waals surface area contributed by atoms with Gasteiger partial charge in [0.15, 0.2) is 5.58 Å². The number of oxazole rings is 1. The number of fused-ring (bicyclic) bond motifs is 6. The summed E-state index contributed by atoms with van der Waals surface area (Å²) >= 11 is 0. The van der Waals surface area contributed by atoms with E-state index >= 15 is 0 Å². The third-order valence-electron chi connectivity index (χ3n) is 7.47. The first-order chi connectivity index (χ1) is 18.3. The normalized spacial score (nSPS) is 16.2. The summed E-state index contributed by atoms with van der Waals surface area (Å²) in [4.78, 5) is 9.96. The molecule has 0 saturated carbocycles. The highest BCUT2D eigenvalue weighted by Crippen LogP contribution is 2.35. The number of benzene rings is 5. The first-order valence-corrected chi connectivity index (χ1v) is 14.4. The Bertz CT molecular complexity index is 1920. The Kier molecular flexibility index (Phi) is 4.21. The second kappa shape index (κ2) is 7.63. The molecule has 0 aliphatic carbocycles. The molecule has 0 N–H and O–H groups in total. The lowest BCUT2D eigenvalue weighted by Crippen LogP contribution is -2.70. The minimum absolute atomic E-state index is 0.641. The first-order valence-electron chi connectivity index (χ1n) is 12.4. The molecule has 8 rings (SSSR count). The van der Waals surface area contributed by atoms with Crippen molar-refractivity contribution in [1.29, 1.82) is 0 Å². The van der Waals surface area contributed by atoms with Crippen LogP contribution in [0.5, 0.6) is 0 Å². The van der Waals surface area contributed by atoms with Crippen LogP contribution >= 0.6 is 0 Å². The third kappa shape index (κ3) is 2.77. The monoisotopic (exact) mass is 491 g/mol. The van der Waals surface area contributed by atoms with Crippen molar-refractivity contribution in [3.8, 4) is 22.8 Å².